The van der Waals surface area contributed by atoms with Gasteiger partial charge in [0.15, 0.2) is 0 Å². The van der Waals surface area contributed by atoms with Crippen molar-refractivity contribution < 1.29 is 4.39 Å². The summed E-state index contributed by atoms with van der Waals surface area (Å²) in [6.45, 7) is 2.87. The smallest absolute Gasteiger partial charge is 0.126 e. The zero-order valence-corrected chi connectivity index (χ0v) is 13.6. The standard InChI is InChI=1S/C14H14BrClFNS/c1-2-18-12(13-8-10(15)14(16)19-13)7-9-5-3-4-6-11(9)17/h3-6,8,12,18H,2,7H2,1H3. The van der Waals surface area contributed by atoms with Gasteiger partial charge in [-0.3, -0.25) is 0 Å². The van der Waals surface area contributed by atoms with Crippen molar-refractivity contribution in [1.82, 2.24) is 5.32 Å². The van der Waals surface area contributed by atoms with E-state index in [-0.39, 0.29) is 11.9 Å². The molecule has 1 nitrogen and oxygen atoms in total. The SMILES string of the molecule is CCNC(Cc1ccccc1F)c1cc(Br)c(Cl)s1. The summed E-state index contributed by atoms with van der Waals surface area (Å²) in [7, 11) is 0. The van der Waals surface area contributed by atoms with Crippen LogP contribution < -0.4 is 5.32 Å². The average molecular weight is 363 g/mol. The number of hydrogen-bond acceptors (Lipinski definition) is 2. The molecule has 2 rings (SSSR count). The first-order valence-electron chi connectivity index (χ1n) is 6.03. The fourth-order valence-corrected chi connectivity index (χ4v) is 3.75. The Morgan fingerprint density at radius 1 is 1.42 bits per heavy atom. The molecule has 0 aliphatic carbocycles. The number of nitrogens with one attached hydrogen (secondary N) is 1. The molecule has 0 saturated carbocycles. The summed E-state index contributed by atoms with van der Waals surface area (Å²) in [6, 6.07) is 8.97. The van der Waals surface area contributed by atoms with Crippen LogP contribution in [0.2, 0.25) is 4.34 Å². The first-order chi connectivity index (χ1) is 9.11. The first-order valence-corrected chi connectivity index (χ1v) is 8.02. The molecule has 1 unspecified atom stereocenters. The van der Waals surface area contributed by atoms with Crippen LogP contribution in [0.1, 0.15) is 23.4 Å². The van der Waals surface area contributed by atoms with E-state index in [1.165, 1.54) is 17.4 Å². The maximum atomic E-state index is 13.7. The van der Waals surface area contributed by atoms with Crippen LogP contribution in [-0.4, -0.2) is 6.54 Å². The second-order valence-corrected chi connectivity index (χ2v) is 6.72. The maximum absolute atomic E-state index is 13.7. The van der Waals surface area contributed by atoms with E-state index in [9.17, 15) is 4.39 Å². The van der Waals surface area contributed by atoms with Crippen molar-refractivity contribution in [2.45, 2.75) is 19.4 Å². The summed E-state index contributed by atoms with van der Waals surface area (Å²) in [5.74, 6) is -0.160. The largest absolute Gasteiger partial charge is 0.309 e. The highest BCUT2D eigenvalue weighted by molar-refractivity contribution is 9.10. The molecule has 0 radical (unpaired) electrons. The Kier molecular flexibility index (Phi) is 5.39. The van der Waals surface area contributed by atoms with Crippen molar-refractivity contribution in [3.05, 3.63) is 55.4 Å². The Hall–Kier alpha value is -0.420. The lowest BCUT2D eigenvalue weighted by molar-refractivity contribution is 0.534. The molecule has 1 aromatic carbocycles. The highest BCUT2D eigenvalue weighted by Gasteiger charge is 2.17. The van der Waals surface area contributed by atoms with Gasteiger partial charge in [0, 0.05) is 15.4 Å². The third-order valence-corrected chi connectivity index (χ3v) is 5.43. The molecule has 1 N–H and O–H groups in total. The van der Waals surface area contributed by atoms with Gasteiger partial charge in [-0.25, -0.2) is 4.39 Å². The highest BCUT2D eigenvalue weighted by Crippen LogP contribution is 2.36. The van der Waals surface area contributed by atoms with Crippen molar-refractivity contribution in [2.75, 3.05) is 6.54 Å². The molecule has 0 saturated heterocycles. The maximum Gasteiger partial charge on any atom is 0.126 e. The monoisotopic (exact) mass is 361 g/mol. The molecule has 0 aliphatic heterocycles. The van der Waals surface area contributed by atoms with Gasteiger partial charge in [0.05, 0.1) is 0 Å². The van der Waals surface area contributed by atoms with Crippen molar-refractivity contribution in [3.63, 3.8) is 0 Å². The molecule has 2 aromatic rings. The van der Waals surface area contributed by atoms with Crippen LogP contribution in [0.15, 0.2) is 34.8 Å². The lowest BCUT2D eigenvalue weighted by Crippen LogP contribution is -2.22. The van der Waals surface area contributed by atoms with Crippen LogP contribution in [0.4, 0.5) is 4.39 Å². The second kappa shape index (κ2) is 6.84. The zero-order chi connectivity index (χ0) is 13.8. The van der Waals surface area contributed by atoms with Crippen LogP contribution in [-0.2, 0) is 6.42 Å². The fourth-order valence-electron chi connectivity index (χ4n) is 1.94. The number of likely N-dealkylation sites (N-methyl/N-ethyl adjacent to an activating group) is 1. The quantitative estimate of drug-likeness (QED) is 0.771. The van der Waals surface area contributed by atoms with Crippen LogP contribution >= 0.6 is 38.9 Å². The topological polar surface area (TPSA) is 12.0 Å². The molecular weight excluding hydrogens is 349 g/mol. The molecule has 0 amide bonds. The summed E-state index contributed by atoms with van der Waals surface area (Å²) in [4.78, 5) is 1.11. The number of halogens is 3. The lowest BCUT2D eigenvalue weighted by atomic mass is 10.0. The molecule has 19 heavy (non-hydrogen) atoms. The van der Waals surface area contributed by atoms with E-state index < -0.39 is 0 Å². The van der Waals surface area contributed by atoms with Gasteiger partial charge in [-0.05, 0) is 46.6 Å². The molecule has 0 spiro atoms. The summed E-state index contributed by atoms with van der Waals surface area (Å²) in [5.41, 5.74) is 0.717. The molecule has 5 heteroatoms. The zero-order valence-electron chi connectivity index (χ0n) is 10.4. The summed E-state index contributed by atoms with van der Waals surface area (Å²) in [5, 5.41) is 3.38. The van der Waals surface area contributed by atoms with Crippen molar-refractivity contribution >= 4 is 38.9 Å². The predicted octanol–water partition coefficient (Wildman–Crippen LogP) is 5.20. The van der Waals surface area contributed by atoms with Crippen LogP contribution in [0, 0.1) is 5.82 Å². The van der Waals surface area contributed by atoms with E-state index in [2.05, 4.69) is 21.2 Å². The molecule has 0 fully saturated rings. The highest BCUT2D eigenvalue weighted by atomic mass is 79.9. The molecule has 102 valence electrons. The van der Waals surface area contributed by atoms with Gasteiger partial charge < -0.3 is 5.32 Å². The number of hydrogen-bond donors (Lipinski definition) is 1. The Balaban J connectivity index is 2.23. The molecule has 1 heterocycles. The lowest BCUT2D eigenvalue weighted by Gasteiger charge is -2.16. The molecule has 0 bridgehead atoms. The van der Waals surface area contributed by atoms with Gasteiger partial charge in [-0.2, -0.15) is 0 Å². The van der Waals surface area contributed by atoms with Crippen LogP contribution in [0.25, 0.3) is 0 Å². The minimum Gasteiger partial charge on any atom is -0.309 e. The predicted molar refractivity (Wildman–Crippen MR) is 83.6 cm³/mol. The van der Waals surface area contributed by atoms with Crippen molar-refractivity contribution in [3.8, 4) is 0 Å². The molecule has 0 aliphatic rings. The summed E-state index contributed by atoms with van der Waals surface area (Å²) >= 11 is 11.0. The molecular formula is C14H14BrClFNS. The van der Waals surface area contributed by atoms with E-state index in [1.807, 2.05) is 25.1 Å². The second-order valence-electron chi connectivity index (χ2n) is 4.18. The van der Waals surface area contributed by atoms with Crippen molar-refractivity contribution in [1.29, 1.82) is 0 Å². The third kappa shape index (κ3) is 3.78. The van der Waals surface area contributed by atoms with Crippen molar-refractivity contribution in [2.24, 2.45) is 0 Å². The average Bonchev–Trinajstić information content (AvgIpc) is 2.72. The summed E-state index contributed by atoms with van der Waals surface area (Å²) < 4.78 is 15.4. The summed E-state index contributed by atoms with van der Waals surface area (Å²) in [6.07, 6.45) is 0.615. The Labute approximate surface area is 129 Å². The first kappa shape index (κ1) is 15.0. The minimum atomic E-state index is -0.160. The van der Waals surface area contributed by atoms with E-state index in [4.69, 9.17) is 11.6 Å². The minimum absolute atomic E-state index is 0.0794. The molecule has 1 atom stereocenters. The Morgan fingerprint density at radius 3 is 2.74 bits per heavy atom. The van der Waals surface area contributed by atoms with Gasteiger partial charge in [0.1, 0.15) is 10.2 Å². The third-order valence-electron chi connectivity index (χ3n) is 2.84. The van der Waals surface area contributed by atoms with Gasteiger partial charge in [0.25, 0.3) is 0 Å². The fraction of sp³-hybridized carbons (Fsp3) is 0.286. The van der Waals surface area contributed by atoms with Gasteiger partial charge in [-0.15, -0.1) is 11.3 Å². The van der Waals surface area contributed by atoms with Crippen LogP contribution in [0.3, 0.4) is 0 Å². The van der Waals surface area contributed by atoms with E-state index in [0.29, 0.717) is 12.0 Å². The Bertz CT molecular complexity index is 539. The van der Waals surface area contributed by atoms with Gasteiger partial charge in [0.2, 0.25) is 0 Å². The number of benzene rings is 1. The molecule has 1 aromatic heterocycles. The Morgan fingerprint density at radius 2 is 2.16 bits per heavy atom. The normalized spacial score (nSPS) is 12.6. The van der Waals surface area contributed by atoms with E-state index in [1.54, 1.807) is 6.07 Å². The number of thiophene rings is 1. The van der Waals surface area contributed by atoms with E-state index in [0.717, 1.165) is 20.2 Å². The van der Waals surface area contributed by atoms with E-state index >= 15 is 0 Å². The van der Waals surface area contributed by atoms with Crippen LogP contribution in [0.5, 0.6) is 0 Å². The van der Waals surface area contributed by atoms with Gasteiger partial charge in [-0.1, -0.05) is 36.7 Å². The van der Waals surface area contributed by atoms with Gasteiger partial charge >= 0.3 is 0 Å². The number of rotatable bonds is 5.